The molecule has 0 atom stereocenters. The van der Waals surface area contributed by atoms with Gasteiger partial charge in [0.2, 0.25) is 0 Å². The molecule has 1 N–H and O–H groups in total. The normalized spacial score (nSPS) is 11.3. The topological polar surface area (TPSA) is 63.2 Å². The lowest BCUT2D eigenvalue weighted by Gasteiger charge is -2.07. The molecule has 0 aromatic heterocycles. The summed E-state index contributed by atoms with van der Waals surface area (Å²) < 4.78 is 48.8. The number of carbonyl (C=O) groups is 1. The Balaban J connectivity index is 3.46. The minimum Gasteiger partial charge on any atom is -0.352 e. The number of benzene rings is 1. The predicted molar refractivity (Wildman–Crippen MR) is 57.4 cm³/mol. The van der Waals surface area contributed by atoms with Crippen LogP contribution >= 0.6 is 10.7 Å². The fourth-order valence-electron chi connectivity index (χ4n) is 1.18. The van der Waals surface area contributed by atoms with Crippen LogP contribution in [-0.4, -0.2) is 20.9 Å². The van der Waals surface area contributed by atoms with Crippen LogP contribution in [-0.2, 0) is 9.05 Å². The van der Waals surface area contributed by atoms with Crippen LogP contribution in [0.4, 0.5) is 8.78 Å². The summed E-state index contributed by atoms with van der Waals surface area (Å²) in [6, 6.07) is 1.33. The van der Waals surface area contributed by atoms with Crippen molar-refractivity contribution in [3.8, 4) is 0 Å². The van der Waals surface area contributed by atoms with Gasteiger partial charge in [0.15, 0.2) is 5.82 Å². The number of halogens is 3. The number of amides is 1. The van der Waals surface area contributed by atoms with Crippen molar-refractivity contribution in [1.29, 1.82) is 0 Å². The van der Waals surface area contributed by atoms with Crippen molar-refractivity contribution in [2.24, 2.45) is 0 Å². The molecule has 4 nitrogen and oxygen atoms in total. The van der Waals surface area contributed by atoms with Crippen molar-refractivity contribution in [3.63, 3.8) is 0 Å². The van der Waals surface area contributed by atoms with Crippen LogP contribution in [0.2, 0.25) is 0 Å². The Hall–Kier alpha value is -1.21. The van der Waals surface area contributed by atoms with Crippen LogP contribution in [0, 0.1) is 11.6 Å². The van der Waals surface area contributed by atoms with Gasteiger partial charge in [-0.05, 0) is 19.1 Å². The first-order valence-electron chi connectivity index (χ1n) is 4.50. The van der Waals surface area contributed by atoms with Crippen LogP contribution in [0.5, 0.6) is 0 Å². The summed E-state index contributed by atoms with van der Waals surface area (Å²) in [6.07, 6.45) is 0. The first-order chi connectivity index (χ1) is 7.79. The predicted octanol–water partition coefficient (Wildman–Crippen LogP) is 1.64. The molecule has 1 aromatic rings. The zero-order chi connectivity index (χ0) is 13.2. The van der Waals surface area contributed by atoms with Crippen molar-refractivity contribution in [2.45, 2.75) is 11.8 Å². The van der Waals surface area contributed by atoms with Gasteiger partial charge in [-0.15, -0.1) is 0 Å². The molecule has 0 heterocycles. The molecule has 0 saturated heterocycles. The summed E-state index contributed by atoms with van der Waals surface area (Å²) in [5.74, 6) is -3.69. The first kappa shape index (κ1) is 13.9. The highest BCUT2D eigenvalue weighted by Crippen LogP contribution is 2.23. The third-order valence-electron chi connectivity index (χ3n) is 1.88. The fourth-order valence-corrected chi connectivity index (χ4v) is 2.08. The van der Waals surface area contributed by atoms with Crippen molar-refractivity contribution in [2.75, 3.05) is 6.54 Å². The third-order valence-corrected chi connectivity index (χ3v) is 3.22. The Bertz CT molecular complexity index is 560. The number of nitrogens with one attached hydrogen (secondary N) is 1. The standard InChI is InChI=1S/C9H8ClF2NO3S/c1-2-13-9(14)7-5(11)3-4-6(8(7)12)17(10,15)16/h3-4H,2H2,1H3,(H,13,14). The molecule has 94 valence electrons. The van der Waals surface area contributed by atoms with E-state index in [1.807, 2.05) is 0 Å². The monoisotopic (exact) mass is 283 g/mol. The maximum atomic E-state index is 13.6. The van der Waals surface area contributed by atoms with E-state index < -0.39 is 37.1 Å². The van der Waals surface area contributed by atoms with Gasteiger partial charge in [0.1, 0.15) is 16.3 Å². The lowest BCUT2D eigenvalue weighted by Crippen LogP contribution is -2.25. The fraction of sp³-hybridized carbons (Fsp3) is 0.222. The summed E-state index contributed by atoms with van der Waals surface area (Å²) in [5.41, 5.74) is -0.964. The van der Waals surface area contributed by atoms with Gasteiger partial charge in [-0.1, -0.05) is 0 Å². The molecular formula is C9H8ClF2NO3S. The van der Waals surface area contributed by atoms with Crippen LogP contribution in [0.15, 0.2) is 17.0 Å². The Kier molecular flexibility index (Phi) is 4.05. The van der Waals surface area contributed by atoms with E-state index in [0.29, 0.717) is 12.1 Å². The van der Waals surface area contributed by atoms with E-state index in [0.717, 1.165) is 0 Å². The van der Waals surface area contributed by atoms with Crippen LogP contribution in [0.3, 0.4) is 0 Å². The highest BCUT2D eigenvalue weighted by Gasteiger charge is 2.25. The van der Waals surface area contributed by atoms with Crippen molar-refractivity contribution in [3.05, 3.63) is 29.3 Å². The van der Waals surface area contributed by atoms with E-state index in [1.54, 1.807) is 6.92 Å². The molecule has 0 aliphatic rings. The second-order valence-electron chi connectivity index (χ2n) is 3.03. The lowest BCUT2D eigenvalue weighted by atomic mass is 10.2. The van der Waals surface area contributed by atoms with Crippen LogP contribution in [0.25, 0.3) is 0 Å². The maximum absolute atomic E-state index is 13.6. The number of hydrogen-bond donors (Lipinski definition) is 1. The molecule has 1 rings (SSSR count). The van der Waals surface area contributed by atoms with E-state index in [4.69, 9.17) is 10.7 Å². The average Bonchev–Trinajstić information content (AvgIpc) is 2.15. The van der Waals surface area contributed by atoms with E-state index >= 15 is 0 Å². The van der Waals surface area contributed by atoms with Gasteiger partial charge in [-0.2, -0.15) is 0 Å². The summed E-state index contributed by atoms with van der Waals surface area (Å²) in [7, 11) is 0.577. The highest BCUT2D eigenvalue weighted by atomic mass is 35.7. The second-order valence-corrected chi connectivity index (χ2v) is 5.57. The van der Waals surface area contributed by atoms with Gasteiger partial charge in [-0.25, -0.2) is 17.2 Å². The summed E-state index contributed by atoms with van der Waals surface area (Å²) in [5, 5.41) is 2.17. The largest absolute Gasteiger partial charge is 0.352 e. The summed E-state index contributed by atoms with van der Waals surface area (Å²) in [4.78, 5) is 10.4. The molecule has 8 heteroatoms. The van der Waals surface area contributed by atoms with Crippen molar-refractivity contribution >= 4 is 25.6 Å². The molecule has 0 spiro atoms. The summed E-state index contributed by atoms with van der Waals surface area (Å²) in [6.45, 7) is 1.70. The minimum atomic E-state index is -4.37. The molecule has 0 radical (unpaired) electrons. The number of hydrogen-bond acceptors (Lipinski definition) is 3. The molecule has 0 fully saturated rings. The number of rotatable bonds is 3. The van der Waals surface area contributed by atoms with Crippen LogP contribution in [0.1, 0.15) is 17.3 Å². The first-order valence-corrected chi connectivity index (χ1v) is 6.80. The number of carbonyl (C=O) groups excluding carboxylic acids is 1. The zero-order valence-electron chi connectivity index (χ0n) is 8.63. The molecule has 0 unspecified atom stereocenters. The maximum Gasteiger partial charge on any atom is 0.264 e. The molecule has 1 aromatic carbocycles. The Morgan fingerprint density at radius 3 is 2.47 bits per heavy atom. The van der Waals surface area contributed by atoms with Gasteiger partial charge >= 0.3 is 0 Å². The molecule has 0 aliphatic carbocycles. The van der Waals surface area contributed by atoms with Gasteiger partial charge in [0.25, 0.3) is 15.0 Å². The second kappa shape index (κ2) is 4.97. The van der Waals surface area contributed by atoms with E-state index in [-0.39, 0.29) is 6.54 Å². The van der Waals surface area contributed by atoms with E-state index in [2.05, 4.69) is 5.32 Å². The van der Waals surface area contributed by atoms with Crippen molar-refractivity contribution < 1.29 is 22.0 Å². The Morgan fingerprint density at radius 1 is 1.41 bits per heavy atom. The molecule has 0 bridgehead atoms. The van der Waals surface area contributed by atoms with Gasteiger partial charge < -0.3 is 5.32 Å². The zero-order valence-corrected chi connectivity index (χ0v) is 10.2. The smallest absolute Gasteiger partial charge is 0.264 e. The van der Waals surface area contributed by atoms with E-state index in [9.17, 15) is 22.0 Å². The average molecular weight is 284 g/mol. The molecule has 17 heavy (non-hydrogen) atoms. The molecular weight excluding hydrogens is 276 g/mol. The Labute approximate surface area is 101 Å². The lowest BCUT2D eigenvalue weighted by molar-refractivity contribution is 0.0947. The molecule has 1 amide bonds. The summed E-state index contributed by atoms with van der Waals surface area (Å²) >= 11 is 0. The minimum absolute atomic E-state index is 0.148. The van der Waals surface area contributed by atoms with Crippen LogP contribution < -0.4 is 5.32 Å². The Morgan fingerprint density at radius 2 is 2.00 bits per heavy atom. The molecule has 0 aliphatic heterocycles. The highest BCUT2D eigenvalue weighted by molar-refractivity contribution is 8.13. The van der Waals surface area contributed by atoms with E-state index in [1.165, 1.54) is 0 Å². The molecule has 0 saturated carbocycles. The van der Waals surface area contributed by atoms with Gasteiger partial charge in [-0.3, -0.25) is 4.79 Å². The van der Waals surface area contributed by atoms with Gasteiger partial charge in [0, 0.05) is 17.2 Å². The quantitative estimate of drug-likeness (QED) is 0.858. The third kappa shape index (κ3) is 2.92. The van der Waals surface area contributed by atoms with Gasteiger partial charge in [0.05, 0.1) is 0 Å². The SMILES string of the molecule is CCNC(=O)c1c(F)ccc(S(=O)(=O)Cl)c1F. The van der Waals surface area contributed by atoms with Crippen molar-refractivity contribution in [1.82, 2.24) is 5.32 Å².